The van der Waals surface area contributed by atoms with Gasteiger partial charge in [0, 0.05) is 23.3 Å². The SMILES string of the molecule is CCNc1c2c(nc3c(CC)cccc13)CCCCC2. The van der Waals surface area contributed by atoms with Crippen LogP contribution in [0.3, 0.4) is 0 Å². The fourth-order valence-electron chi connectivity index (χ4n) is 3.35. The Kier molecular flexibility index (Phi) is 3.90. The first-order valence-electron chi connectivity index (χ1n) is 8.02. The van der Waals surface area contributed by atoms with Crippen LogP contribution in [0.1, 0.15) is 49.9 Å². The van der Waals surface area contributed by atoms with Gasteiger partial charge < -0.3 is 5.32 Å². The molecule has 3 rings (SSSR count). The van der Waals surface area contributed by atoms with Crippen LogP contribution in [0.4, 0.5) is 5.69 Å². The van der Waals surface area contributed by atoms with E-state index in [0.717, 1.165) is 19.4 Å². The van der Waals surface area contributed by atoms with Crippen LogP contribution in [0.25, 0.3) is 10.9 Å². The number of benzene rings is 1. The van der Waals surface area contributed by atoms with Crippen molar-refractivity contribution in [3.63, 3.8) is 0 Å². The number of nitrogens with one attached hydrogen (secondary N) is 1. The fourth-order valence-corrected chi connectivity index (χ4v) is 3.35. The first-order chi connectivity index (χ1) is 9.85. The average molecular weight is 268 g/mol. The third-order valence-corrected chi connectivity index (χ3v) is 4.36. The standard InChI is InChI=1S/C18H24N2/c1-3-13-9-8-11-15-17(13)20-16-12-7-5-6-10-14(16)18(15)19-4-2/h8-9,11H,3-7,10,12H2,1-2H3,(H,19,20). The van der Waals surface area contributed by atoms with E-state index < -0.39 is 0 Å². The third kappa shape index (κ3) is 2.28. The van der Waals surface area contributed by atoms with E-state index in [4.69, 9.17) is 4.98 Å². The molecule has 20 heavy (non-hydrogen) atoms. The van der Waals surface area contributed by atoms with Crippen molar-refractivity contribution < 1.29 is 0 Å². The topological polar surface area (TPSA) is 24.9 Å². The number of rotatable bonds is 3. The number of hydrogen-bond acceptors (Lipinski definition) is 2. The minimum Gasteiger partial charge on any atom is -0.384 e. The van der Waals surface area contributed by atoms with Crippen LogP contribution >= 0.6 is 0 Å². The summed E-state index contributed by atoms with van der Waals surface area (Å²) in [5, 5.41) is 4.93. The zero-order valence-electron chi connectivity index (χ0n) is 12.6. The summed E-state index contributed by atoms with van der Waals surface area (Å²) in [7, 11) is 0. The maximum Gasteiger partial charge on any atom is 0.0758 e. The molecular weight excluding hydrogens is 244 g/mol. The van der Waals surface area contributed by atoms with Crippen molar-refractivity contribution in [2.24, 2.45) is 0 Å². The zero-order chi connectivity index (χ0) is 13.9. The van der Waals surface area contributed by atoms with Crippen molar-refractivity contribution >= 4 is 16.6 Å². The van der Waals surface area contributed by atoms with E-state index >= 15 is 0 Å². The van der Waals surface area contributed by atoms with Crippen LogP contribution in [-0.2, 0) is 19.3 Å². The van der Waals surface area contributed by atoms with Gasteiger partial charge in [-0.1, -0.05) is 31.5 Å². The summed E-state index contributed by atoms with van der Waals surface area (Å²) in [5.41, 5.74) is 6.75. The first-order valence-corrected chi connectivity index (χ1v) is 8.02. The van der Waals surface area contributed by atoms with Crippen LogP contribution < -0.4 is 5.32 Å². The van der Waals surface area contributed by atoms with E-state index in [1.807, 2.05) is 0 Å². The summed E-state index contributed by atoms with van der Waals surface area (Å²) in [4.78, 5) is 5.05. The van der Waals surface area contributed by atoms with Crippen LogP contribution in [-0.4, -0.2) is 11.5 Å². The molecule has 2 aromatic rings. The predicted octanol–water partition coefficient (Wildman–Crippen LogP) is 4.50. The Hall–Kier alpha value is -1.57. The molecule has 2 heteroatoms. The molecule has 1 aliphatic carbocycles. The van der Waals surface area contributed by atoms with Crippen molar-refractivity contribution in [2.45, 2.75) is 52.4 Å². The molecule has 1 N–H and O–H groups in total. The summed E-state index contributed by atoms with van der Waals surface area (Å²) < 4.78 is 0. The molecular formula is C18H24N2. The molecule has 1 heterocycles. The van der Waals surface area contributed by atoms with Crippen molar-refractivity contribution in [1.82, 2.24) is 4.98 Å². The van der Waals surface area contributed by atoms with E-state index in [1.165, 1.54) is 59.1 Å². The van der Waals surface area contributed by atoms with E-state index in [2.05, 4.69) is 37.4 Å². The molecule has 1 aromatic heterocycles. The van der Waals surface area contributed by atoms with Gasteiger partial charge in [-0.3, -0.25) is 4.98 Å². The lowest BCUT2D eigenvalue weighted by Gasteiger charge is -2.17. The van der Waals surface area contributed by atoms with Crippen molar-refractivity contribution in [3.05, 3.63) is 35.0 Å². The second kappa shape index (κ2) is 5.82. The Labute approximate surface area is 121 Å². The summed E-state index contributed by atoms with van der Waals surface area (Å²) >= 11 is 0. The molecule has 0 atom stereocenters. The van der Waals surface area contributed by atoms with Crippen molar-refractivity contribution in [1.29, 1.82) is 0 Å². The van der Waals surface area contributed by atoms with Gasteiger partial charge in [0.05, 0.1) is 5.52 Å². The summed E-state index contributed by atoms with van der Waals surface area (Å²) in [5.74, 6) is 0. The van der Waals surface area contributed by atoms with Gasteiger partial charge in [0.15, 0.2) is 0 Å². The summed E-state index contributed by atoms with van der Waals surface area (Å²) in [6.07, 6.45) is 7.28. The Morgan fingerprint density at radius 1 is 1.10 bits per heavy atom. The second-order valence-electron chi connectivity index (χ2n) is 5.67. The number of pyridine rings is 1. The molecule has 0 amide bonds. The molecule has 0 saturated heterocycles. The maximum absolute atomic E-state index is 5.05. The minimum absolute atomic E-state index is 0.974. The number of fused-ring (bicyclic) bond motifs is 2. The Balaban J connectivity index is 2.29. The number of aryl methyl sites for hydroxylation is 2. The van der Waals surface area contributed by atoms with Gasteiger partial charge in [0.25, 0.3) is 0 Å². The lowest BCUT2D eigenvalue weighted by Crippen LogP contribution is -2.07. The molecule has 0 unspecified atom stereocenters. The molecule has 0 spiro atoms. The van der Waals surface area contributed by atoms with Crippen LogP contribution in [0, 0.1) is 0 Å². The minimum atomic E-state index is 0.974. The first kappa shape index (κ1) is 13.4. The number of aromatic nitrogens is 1. The van der Waals surface area contributed by atoms with E-state index in [-0.39, 0.29) is 0 Å². The van der Waals surface area contributed by atoms with Gasteiger partial charge in [-0.2, -0.15) is 0 Å². The van der Waals surface area contributed by atoms with Crippen molar-refractivity contribution in [3.8, 4) is 0 Å². The lowest BCUT2D eigenvalue weighted by atomic mass is 9.99. The largest absolute Gasteiger partial charge is 0.384 e. The highest BCUT2D eigenvalue weighted by atomic mass is 14.9. The normalized spacial score (nSPS) is 14.9. The van der Waals surface area contributed by atoms with E-state index in [1.54, 1.807) is 0 Å². The van der Waals surface area contributed by atoms with E-state index in [0.29, 0.717) is 0 Å². The van der Waals surface area contributed by atoms with Gasteiger partial charge in [-0.15, -0.1) is 0 Å². The molecule has 1 aliphatic rings. The van der Waals surface area contributed by atoms with Crippen molar-refractivity contribution in [2.75, 3.05) is 11.9 Å². The number of anilines is 1. The highest BCUT2D eigenvalue weighted by Crippen LogP contribution is 2.34. The number of hydrogen-bond donors (Lipinski definition) is 1. The molecule has 0 bridgehead atoms. The Bertz CT molecular complexity index is 616. The monoisotopic (exact) mass is 268 g/mol. The lowest BCUT2D eigenvalue weighted by molar-refractivity contribution is 0.709. The fraction of sp³-hybridized carbons (Fsp3) is 0.500. The van der Waals surface area contributed by atoms with Crippen LogP contribution in [0.2, 0.25) is 0 Å². The molecule has 0 fully saturated rings. The van der Waals surface area contributed by atoms with Gasteiger partial charge in [-0.05, 0) is 50.2 Å². The van der Waals surface area contributed by atoms with Crippen LogP contribution in [0.5, 0.6) is 0 Å². The highest BCUT2D eigenvalue weighted by Gasteiger charge is 2.17. The van der Waals surface area contributed by atoms with Gasteiger partial charge >= 0.3 is 0 Å². The summed E-state index contributed by atoms with van der Waals surface area (Å²) in [6.45, 7) is 5.37. The van der Waals surface area contributed by atoms with Crippen LogP contribution in [0.15, 0.2) is 18.2 Å². The quantitative estimate of drug-likeness (QED) is 0.829. The zero-order valence-corrected chi connectivity index (χ0v) is 12.6. The van der Waals surface area contributed by atoms with Gasteiger partial charge in [-0.25, -0.2) is 0 Å². The maximum atomic E-state index is 5.05. The molecule has 0 aliphatic heterocycles. The van der Waals surface area contributed by atoms with Gasteiger partial charge in [0.1, 0.15) is 0 Å². The Morgan fingerprint density at radius 2 is 1.95 bits per heavy atom. The predicted molar refractivity (Wildman–Crippen MR) is 86.5 cm³/mol. The molecule has 0 radical (unpaired) electrons. The smallest absolute Gasteiger partial charge is 0.0758 e. The van der Waals surface area contributed by atoms with E-state index in [9.17, 15) is 0 Å². The molecule has 0 saturated carbocycles. The molecule has 2 nitrogen and oxygen atoms in total. The number of para-hydroxylation sites is 1. The number of nitrogens with zero attached hydrogens (tertiary/aromatic N) is 1. The second-order valence-corrected chi connectivity index (χ2v) is 5.67. The third-order valence-electron chi connectivity index (χ3n) is 4.36. The Morgan fingerprint density at radius 3 is 2.75 bits per heavy atom. The molecule has 1 aromatic carbocycles. The van der Waals surface area contributed by atoms with Gasteiger partial charge in [0.2, 0.25) is 0 Å². The average Bonchev–Trinajstić information content (AvgIpc) is 2.72. The highest BCUT2D eigenvalue weighted by molar-refractivity contribution is 5.95. The molecule has 106 valence electrons. The summed E-state index contributed by atoms with van der Waals surface area (Å²) in [6, 6.07) is 6.62.